The molecule has 2 aliphatic heterocycles. The van der Waals surface area contributed by atoms with Crippen molar-refractivity contribution < 1.29 is 54.5 Å². The number of non-ortho nitro benzene ring substituents is 1. The summed E-state index contributed by atoms with van der Waals surface area (Å²) < 4.78 is 86.2. The highest BCUT2D eigenvalue weighted by molar-refractivity contribution is 7.87. The predicted molar refractivity (Wildman–Crippen MR) is 101 cm³/mol. The second-order valence-electron chi connectivity index (χ2n) is 7.66. The maximum Gasteiger partial charge on any atom is 0.534 e. The van der Waals surface area contributed by atoms with Gasteiger partial charge in [-0.1, -0.05) is 0 Å². The Morgan fingerprint density at radius 3 is 2.35 bits per heavy atom. The molecule has 0 aromatic heterocycles. The van der Waals surface area contributed by atoms with Crippen molar-refractivity contribution >= 4 is 27.7 Å². The van der Waals surface area contributed by atoms with E-state index in [9.17, 15) is 46.4 Å². The third-order valence-electron chi connectivity index (χ3n) is 5.30. The molecular formula is C18H16F4N2O9S. The lowest BCUT2D eigenvalue weighted by atomic mass is 9.77. The third-order valence-corrected chi connectivity index (χ3v) is 6.26. The number of benzene rings is 1. The fourth-order valence-corrected chi connectivity index (χ4v) is 4.24. The molecule has 1 aromatic rings. The van der Waals surface area contributed by atoms with Crippen LogP contribution in [0.1, 0.15) is 19.4 Å². The van der Waals surface area contributed by atoms with Crippen molar-refractivity contribution in [2.45, 2.75) is 43.8 Å². The summed E-state index contributed by atoms with van der Waals surface area (Å²) in [5.41, 5.74) is -10.4. The molecule has 0 radical (unpaired) electrons. The van der Waals surface area contributed by atoms with Gasteiger partial charge < -0.3 is 14.0 Å². The van der Waals surface area contributed by atoms with E-state index in [0.717, 1.165) is 19.1 Å². The largest absolute Gasteiger partial charge is 0.534 e. The molecule has 0 unspecified atom stereocenters. The van der Waals surface area contributed by atoms with Crippen LogP contribution in [0.5, 0.6) is 0 Å². The van der Waals surface area contributed by atoms with Gasteiger partial charge in [-0.15, -0.1) is 0 Å². The van der Waals surface area contributed by atoms with Crippen molar-refractivity contribution in [2.24, 2.45) is 5.92 Å². The molecule has 34 heavy (non-hydrogen) atoms. The van der Waals surface area contributed by atoms with E-state index in [1.807, 2.05) is 0 Å². The number of esters is 1. The van der Waals surface area contributed by atoms with Crippen LogP contribution >= 0.6 is 0 Å². The van der Waals surface area contributed by atoms with Crippen LogP contribution in [0.15, 0.2) is 35.7 Å². The molecule has 186 valence electrons. The maximum absolute atomic E-state index is 15.6. The van der Waals surface area contributed by atoms with Gasteiger partial charge in [-0.25, -0.2) is 9.18 Å². The standard InChI is InChI=1S/C18H16F4N2O9S/c1-8(25)11-13-17(2,19)14(33-34(30,31)18(20,21)22)12(23(13)15(11)26)16(27)32-7-9-3-5-10(6-4-9)24(28)29/h3-6,8,11,13,25H,7H2,1-2H3/t8-,11-,13+,17+/m1/s1. The molecular weight excluding hydrogens is 496 g/mol. The third kappa shape index (κ3) is 4.06. The lowest BCUT2D eigenvalue weighted by Gasteiger charge is -2.47. The Bertz CT molecular complexity index is 1180. The number of amides is 1. The summed E-state index contributed by atoms with van der Waals surface area (Å²) in [7, 11) is -6.44. The molecule has 4 atom stereocenters. The van der Waals surface area contributed by atoms with Crippen LogP contribution in [0.25, 0.3) is 0 Å². The minimum atomic E-state index is -6.44. The van der Waals surface area contributed by atoms with Crippen molar-refractivity contribution in [2.75, 3.05) is 0 Å². The van der Waals surface area contributed by atoms with E-state index in [2.05, 4.69) is 4.18 Å². The number of alkyl halides is 4. The number of halogens is 4. The van der Waals surface area contributed by atoms with Gasteiger partial charge in [-0.05, 0) is 31.5 Å². The zero-order chi connectivity index (χ0) is 25.8. The summed E-state index contributed by atoms with van der Waals surface area (Å²) >= 11 is 0. The summed E-state index contributed by atoms with van der Waals surface area (Å²) in [5, 5.41) is 20.5. The molecule has 3 rings (SSSR count). The van der Waals surface area contributed by atoms with Crippen molar-refractivity contribution in [1.82, 2.24) is 4.90 Å². The molecule has 1 saturated heterocycles. The van der Waals surface area contributed by atoms with Crippen LogP contribution < -0.4 is 0 Å². The molecule has 0 spiro atoms. The highest BCUT2D eigenvalue weighted by atomic mass is 32.2. The molecule has 0 bridgehead atoms. The quantitative estimate of drug-likeness (QED) is 0.109. The second-order valence-corrected chi connectivity index (χ2v) is 9.19. The average molecular weight is 512 g/mol. The molecule has 1 amide bonds. The zero-order valence-electron chi connectivity index (χ0n) is 17.3. The number of fused-ring (bicyclic) bond motifs is 1. The van der Waals surface area contributed by atoms with Crippen molar-refractivity contribution in [3.05, 3.63) is 51.4 Å². The molecule has 1 N–H and O–H groups in total. The Morgan fingerprint density at radius 2 is 1.88 bits per heavy atom. The number of hydrogen-bond donors (Lipinski definition) is 1. The van der Waals surface area contributed by atoms with Crippen LogP contribution in [0, 0.1) is 16.0 Å². The number of nitro benzene ring substituents is 1. The second kappa shape index (κ2) is 8.19. The zero-order valence-corrected chi connectivity index (χ0v) is 18.1. The van der Waals surface area contributed by atoms with Crippen LogP contribution in [-0.2, 0) is 35.2 Å². The Hall–Kier alpha value is -3.27. The van der Waals surface area contributed by atoms with Gasteiger partial charge in [0.15, 0.2) is 17.1 Å². The molecule has 11 nitrogen and oxygen atoms in total. The Morgan fingerprint density at radius 1 is 1.32 bits per heavy atom. The van der Waals surface area contributed by atoms with E-state index in [0.29, 0.717) is 11.8 Å². The van der Waals surface area contributed by atoms with Crippen LogP contribution in [-0.4, -0.2) is 58.5 Å². The highest BCUT2D eigenvalue weighted by Gasteiger charge is 2.70. The van der Waals surface area contributed by atoms with Gasteiger partial charge in [0.2, 0.25) is 5.91 Å². The summed E-state index contributed by atoms with van der Waals surface area (Å²) in [6, 6.07) is 2.80. The fraction of sp³-hybridized carbons (Fsp3) is 0.444. The molecule has 1 fully saturated rings. The molecule has 0 saturated carbocycles. The van der Waals surface area contributed by atoms with Gasteiger partial charge in [0.05, 0.1) is 23.0 Å². The molecule has 2 heterocycles. The van der Waals surface area contributed by atoms with Crippen molar-refractivity contribution in [3.8, 4) is 0 Å². The first-order valence-corrected chi connectivity index (χ1v) is 10.8. The topological polar surface area (TPSA) is 153 Å². The number of ether oxygens (including phenoxy) is 1. The minimum absolute atomic E-state index is 0.180. The summed E-state index contributed by atoms with van der Waals surface area (Å²) in [5.74, 6) is -5.76. The van der Waals surface area contributed by atoms with Crippen LogP contribution in [0.4, 0.5) is 23.2 Å². The predicted octanol–water partition coefficient (Wildman–Crippen LogP) is 1.67. The van der Waals surface area contributed by atoms with Gasteiger partial charge in [-0.2, -0.15) is 21.6 Å². The monoisotopic (exact) mass is 512 g/mol. The number of nitro groups is 1. The Labute approximate surface area is 188 Å². The number of aliphatic hydroxyl groups excluding tert-OH is 1. The Balaban J connectivity index is 1.97. The number of carbonyl (C=O) groups is 2. The first kappa shape index (κ1) is 25.4. The van der Waals surface area contributed by atoms with Crippen LogP contribution in [0.2, 0.25) is 0 Å². The van der Waals surface area contributed by atoms with E-state index in [4.69, 9.17) is 4.74 Å². The van der Waals surface area contributed by atoms with Gasteiger partial charge >= 0.3 is 21.6 Å². The number of aliphatic hydroxyl groups is 1. The number of nitrogens with zero attached hydrogens (tertiary/aromatic N) is 2. The van der Waals surface area contributed by atoms with Gasteiger partial charge in [-0.3, -0.25) is 19.8 Å². The van der Waals surface area contributed by atoms with Crippen LogP contribution in [0.3, 0.4) is 0 Å². The fourth-order valence-electron chi connectivity index (χ4n) is 3.69. The number of rotatable bonds is 7. The SMILES string of the molecule is C[C@@H](O)[C@H]1C(=O)N2C(C(=O)OCc3ccc([N+](=O)[O-])cc3)=C(OS(=O)(=O)C(F)(F)F)[C@@](C)(F)[C@H]12. The maximum atomic E-state index is 15.6. The summed E-state index contributed by atoms with van der Waals surface area (Å²) in [6.07, 6.45) is -1.49. The average Bonchev–Trinajstić information content (AvgIpc) is 2.89. The van der Waals surface area contributed by atoms with E-state index < -0.39 is 74.2 Å². The molecule has 16 heteroatoms. The normalized spacial score (nSPS) is 25.5. The lowest BCUT2D eigenvalue weighted by Crippen LogP contribution is -2.67. The van der Waals surface area contributed by atoms with Gasteiger partial charge in [0.25, 0.3) is 5.69 Å². The first-order chi connectivity index (χ1) is 15.5. The lowest BCUT2D eigenvalue weighted by molar-refractivity contribution is -0.384. The summed E-state index contributed by atoms with van der Waals surface area (Å²) in [6.45, 7) is 1.09. The first-order valence-electron chi connectivity index (χ1n) is 9.36. The minimum Gasteiger partial charge on any atom is -0.456 e. The smallest absolute Gasteiger partial charge is 0.456 e. The molecule has 0 aliphatic carbocycles. The van der Waals surface area contributed by atoms with E-state index in [1.54, 1.807) is 0 Å². The number of hydrogen-bond acceptors (Lipinski definition) is 9. The van der Waals surface area contributed by atoms with E-state index in [1.165, 1.54) is 12.1 Å². The van der Waals surface area contributed by atoms with E-state index in [-0.39, 0.29) is 11.3 Å². The Kier molecular flexibility index (Phi) is 6.11. The van der Waals surface area contributed by atoms with Gasteiger partial charge in [0, 0.05) is 12.1 Å². The van der Waals surface area contributed by atoms with E-state index >= 15 is 4.39 Å². The summed E-state index contributed by atoms with van der Waals surface area (Å²) in [4.78, 5) is 35.5. The van der Waals surface area contributed by atoms with Gasteiger partial charge in [0.1, 0.15) is 6.61 Å². The number of β-lactam (4-membered cyclic amide) rings is 1. The highest BCUT2D eigenvalue weighted by Crippen LogP contribution is 2.52. The van der Waals surface area contributed by atoms with Crippen molar-refractivity contribution in [3.63, 3.8) is 0 Å². The molecule has 2 aliphatic rings. The molecule has 1 aromatic carbocycles. The van der Waals surface area contributed by atoms with Crippen molar-refractivity contribution in [1.29, 1.82) is 0 Å². The number of carbonyl (C=O) groups excluding carboxylic acids is 2.